The topological polar surface area (TPSA) is 107 Å². The number of carbonyl (C=O) groups is 4. The smallest absolute Gasteiger partial charge is 0.373 e. The number of aliphatic carboxylic acids is 1. The molecule has 0 unspecified atom stereocenters. The molecule has 0 amide bonds. The van der Waals surface area contributed by atoms with Crippen LogP contribution in [0.2, 0.25) is 0 Å². The van der Waals surface area contributed by atoms with Gasteiger partial charge in [-0.2, -0.15) is 0 Å². The molecule has 0 fully saturated rings. The Kier molecular flexibility index (Phi) is 24.5. The number of ketones is 1. The van der Waals surface area contributed by atoms with Crippen molar-refractivity contribution in [3.63, 3.8) is 0 Å². The minimum Gasteiger partial charge on any atom is -0.476 e. The maximum absolute atomic E-state index is 11.4. The van der Waals surface area contributed by atoms with Crippen LogP contribution in [0.3, 0.4) is 0 Å². The van der Waals surface area contributed by atoms with Crippen molar-refractivity contribution in [3.8, 4) is 0 Å². The summed E-state index contributed by atoms with van der Waals surface area (Å²) in [4.78, 5) is 41.0. The SMILES string of the molecule is C=C(OC(C)=O)C(=O)OCCCCCCCCCCCCCCCCCC.CC(=O)C(=O)O. The van der Waals surface area contributed by atoms with Gasteiger partial charge in [0, 0.05) is 13.8 Å². The van der Waals surface area contributed by atoms with Crippen molar-refractivity contribution in [2.24, 2.45) is 0 Å². The third kappa shape index (κ3) is 27.8. The van der Waals surface area contributed by atoms with Gasteiger partial charge >= 0.3 is 17.9 Å². The van der Waals surface area contributed by atoms with E-state index in [1.165, 1.54) is 96.8 Å². The molecule has 0 saturated heterocycles. The Morgan fingerprint density at radius 1 is 0.667 bits per heavy atom. The zero-order chi connectivity index (χ0) is 25.3. The van der Waals surface area contributed by atoms with Crippen LogP contribution >= 0.6 is 0 Å². The highest BCUT2D eigenvalue weighted by atomic mass is 16.6. The van der Waals surface area contributed by atoms with Crippen LogP contribution in [0.4, 0.5) is 0 Å². The van der Waals surface area contributed by atoms with Crippen molar-refractivity contribution in [1.82, 2.24) is 0 Å². The molecule has 7 nitrogen and oxygen atoms in total. The monoisotopic (exact) mass is 470 g/mol. The fourth-order valence-corrected chi connectivity index (χ4v) is 3.11. The third-order valence-electron chi connectivity index (χ3n) is 5.03. The van der Waals surface area contributed by atoms with Gasteiger partial charge in [0.25, 0.3) is 0 Å². The Bertz CT molecular complexity index is 543. The van der Waals surface area contributed by atoms with Crippen LogP contribution in [0.1, 0.15) is 124 Å². The van der Waals surface area contributed by atoms with Crippen LogP contribution in [0.5, 0.6) is 0 Å². The lowest BCUT2D eigenvalue weighted by atomic mass is 10.0. The van der Waals surface area contributed by atoms with Gasteiger partial charge in [0.1, 0.15) is 0 Å². The van der Waals surface area contributed by atoms with Crippen LogP contribution in [0.25, 0.3) is 0 Å². The Balaban J connectivity index is 0. The van der Waals surface area contributed by atoms with E-state index in [2.05, 4.69) is 18.2 Å². The first-order valence-electron chi connectivity index (χ1n) is 12.5. The van der Waals surface area contributed by atoms with Gasteiger partial charge < -0.3 is 14.6 Å². The van der Waals surface area contributed by atoms with E-state index < -0.39 is 23.7 Å². The van der Waals surface area contributed by atoms with Crippen molar-refractivity contribution in [1.29, 1.82) is 0 Å². The number of rotatable bonds is 20. The Morgan fingerprint density at radius 3 is 1.30 bits per heavy atom. The molecule has 0 aliphatic heterocycles. The summed E-state index contributed by atoms with van der Waals surface area (Å²) in [7, 11) is 0. The molecule has 0 atom stereocenters. The fourth-order valence-electron chi connectivity index (χ4n) is 3.11. The second-order valence-electron chi connectivity index (χ2n) is 8.32. The standard InChI is InChI=1S/C23H42O4.C3H4O3/c1-4-5-6-7-8-9-10-11-12-13-14-15-16-17-18-19-20-26-23(25)21(2)27-22(3)24;1-2(4)3(5)6/h2,4-20H2,1,3H3;1H3,(H,5,6). The van der Waals surface area contributed by atoms with E-state index in [9.17, 15) is 19.2 Å². The second kappa shape index (κ2) is 24.5. The molecule has 0 heterocycles. The van der Waals surface area contributed by atoms with Gasteiger partial charge in [-0.05, 0) is 13.0 Å². The molecule has 192 valence electrons. The van der Waals surface area contributed by atoms with Gasteiger partial charge in [-0.15, -0.1) is 0 Å². The summed E-state index contributed by atoms with van der Waals surface area (Å²) >= 11 is 0. The van der Waals surface area contributed by atoms with E-state index in [1.54, 1.807) is 0 Å². The first-order chi connectivity index (χ1) is 15.7. The molecule has 7 heteroatoms. The van der Waals surface area contributed by atoms with Gasteiger partial charge in [0.05, 0.1) is 6.61 Å². The van der Waals surface area contributed by atoms with E-state index in [4.69, 9.17) is 9.84 Å². The van der Waals surface area contributed by atoms with Crippen LogP contribution in [-0.2, 0) is 28.7 Å². The van der Waals surface area contributed by atoms with Crippen molar-refractivity contribution in [2.75, 3.05) is 6.61 Å². The summed E-state index contributed by atoms with van der Waals surface area (Å²) in [5, 5.41) is 7.64. The van der Waals surface area contributed by atoms with Crippen LogP contribution in [-0.4, -0.2) is 35.4 Å². The van der Waals surface area contributed by atoms with Crippen LogP contribution < -0.4 is 0 Å². The molecule has 1 N–H and O–H groups in total. The Morgan fingerprint density at radius 2 is 1.00 bits per heavy atom. The van der Waals surface area contributed by atoms with Crippen LogP contribution in [0.15, 0.2) is 12.3 Å². The van der Waals surface area contributed by atoms with E-state index in [-0.39, 0.29) is 5.76 Å². The number of hydrogen-bond donors (Lipinski definition) is 1. The molecule has 0 aliphatic carbocycles. The van der Waals surface area contributed by atoms with E-state index >= 15 is 0 Å². The summed E-state index contributed by atoms with van der Waals surface area (Å²) in [6.07, 6.45) is 21.0. The van der Waals surface area contributed by atoms with Gasteiger partial charge in [0.2, 0.25) is 11.5 Å². The Hall–Kier alpha value is -2.18. The zero-order valence-electron chi connectivity index (χ0n) is 21.1. The summed E-state index contributed by atoms with van der Waals surface area (Å²) in [5.41, 5.74) is 0. The van der Waals surface area contributed by atoms with Crippen molar-refractivity contribution in [2.45, 2.75) is 124 Å². The minimum absolute atomic E-state index is 0.237. The molecule has 0 rings (SSSR count). The maximum Gasteiger partial charge on any atom is 0.373 e. The van der Waals surface area contributed by atoms with Gasteiger partial charge in [-0.3, -0.25) is 9.59 Å². The lowest BCUT2D eigenvalue weighted by Crippen LogP contribution is -2.12. The fraction of sp³-hybridized carbons (Fsp3) is 0.769. The molecule has 0 aromatic heterocycles. The number of carboxylic acids is 1. The van der Waals surface area contributed by atoms with Crippen molar-refractivity contribution < 1.29 is 33.8 Å². The number of carboxylic acid groups (broad SMARTS) is 1. The molecule has 0 spiro atoms. The van der Waals surface area contributed by atoms with Gasteiger partial charge in [-0.1, -0.05) is 103 Å². The molecule has 0 radical (unpaired) electrons. The number of ether oxygens (including phenoxy) is 2. The lowest BCUT2D eigenvalue weighted by molar-refractivity contribution is -0.150. The predicted octanol–water partition coefficient (Wildman–Crippen LogP) is 6.53. The van der Waals surface area contributed by atoms with Crippen molar-refractivity contribution in [3.05, 3.63) is 12.3 Å². The first-order valence-corrected chi connectivity index (χ1v) is 12.5. The van der Waals surface area contributed by atoms with E-state index in [0.29, 0.717) is 6.61 Å². The average molecular weight is 471 g/mol. The highest BCUT2D eigenvalue weighted by Crippen LogP contribution is 2.13. The minimum atomic E-state index is -1.38. The van der Waals surface area contributed by atoms with Crippen molar-refractivity contribution >= 4 is 23.7 Å². The van der Waals surface area contributed by atoms with Gasteiger partial charge in [0.15, 0.2) is 0 Å². The number of carbonyl (C=O) groups excluding carboxylic acids is 3. The molecule has 0 aromatic rings. The largest absolute Gasteiger partial charge is 0.476 e. The summed E-state index contributed by atoms with van der Waals surface area (Å²) in [5.74, 6) is -3.64. The van der Waals surface area contributed by atoms with E-state index in [0.717, 1.165) is 19.8 Å². The number of esters is 2. The zero-order valence-corrected chi connectivity index (χ0v) is 21.1. The molecule has 0 saturated carbocycles. The summed E-state index contributed by atoms with van der Waals surface area (Å²) in [6.45, 7) is 8.23. The third-order valence-corrected chi connectivity index (χ3v) is 5.03. The number of Topliss-reactive ketones (excluding diaryl/α,β-unsaturated/α-hetero) is 1. The highest BCUT2D eigenvalue weighted by molar-refractivity contribution is 6.31. The molecular weight excluding hydrogens is 424 g/mol. The predicted molar refractivity (Wildman–Crippen MR) is 130 cm³/mol. The maximum atomic E-state index is 11.4. The Labute approximate surface area is 200 Å². The molecule has 33 heavy (non-hydrogen) atoms. The van der Waals surface area contributed by atoms with Crippen LogP contribution in [0, 0.1) is 0 Å². The molecule has 0 bridgehead atoms. The normalized spacial score (nSPS) is 10.0. The second-order valence-corrected chi connectivity index (χ2v) is 8.32. The summed E-state index contributed by atoms with van der Waals surface area (Å²) in [6, 6.07) is 0. The quantitative estimate of drug-likeness (QED) is 0.0708. The number of hydrogen-bond acceptors (Lipinski definition) is 6. The van der Waals surface area contributed by atoms with Gasteiger partial charge in [-0.25, -0.2) is 9.59 Å². The first kappa shape index (κ1) is 33.0. The lowest BCUT2D eigenvalue weighted by Gasteiger charge is -2.06. The highest BCUT2D eigenvalue weighted by Gasteiger charge is 2.11. The number of unbranched alkanes of at least 4 members (excludes halogenated alkanes) is 15. The molecule has 0 aliphatic rings. The molecule has 0 aromatic carbocycles. The molecular formula is C26H46O7. The average Bonchev–Trinajstić information content (AvgIpc) is 2.75. The van der Waals surface area contributed by atoms with E-state index in [1.807, 2.05) is 0 Å². The summed E-state index contributed by atoms with van der Waals surface area (Å²) < 4.78 is 9.60.